The van der Waals surface area contributed by atoms with Crippen molar-refractivity contribution in [1.29, 1.82) is 0 Å². The van der Waals surface area contributed by atoms with E-state index in [9.17, 15) is 19.5 Å². The molecule has 0 atom stereocenters. The molecule has 1 aliphatic carbocycles. The van der Waals surface area contributed by atoms with Crippen LogP contribution in [0.25, 0.3) is 10.9 Å². The lowest BCUT2D eigenvalue weighted by molar-refractivity contribution is -0.133. The van der Waals surface area contributed by atoms with Crippen molar-refractivity contribution in [2.24, 2.45) is 5.73 Å². The molecule has 1 saturated heterocycles. The summed E-state index contributed by atoms with van der Waals surface area (Å²) < 4.78 is 8.81. The number of hydrogen-bond acceptors (Lipinski definition) is 7. The first-order valence-corrected chi connectivity index (χ1v) is 15.8. The Morgan fingerprint density at radius 1 is 1.09 bits per heavy atom. The van der Waals surface area contributed by atoms with Gasteiger partial charge < -0.3 is 25.0 Å². The second kappa shape index (κ2) is 15.7. The fourth-order valence-corrected chi connectivity index (χ4v) is 6.20. The Hall–Kier alpha value is -3.25. The number of carboxylic acids is 1. The molecule has 2 fully saturated rings. The molecule has 2 aliphatic rings. The first-order chi connectivity index (χ1) is 21.1. The monoisotopic (exact) mass is 628 g/mol. The van der Waals surface area contributed by atoms with Crippen LogP contribution < -0.4 is 5.73 Å². The van der Waals surface area contributed by atoms with E-state index in [0.29, 0.717) is 54.1 Å². The van der Waals surface area contributed by atoms with Crippen molar-refractivity contribution >= 4 is 40.2 Å². The van der Waals surface area contributed by atoms with Gasteiger partial charge in [0.15, 0.2) is 5.78 Å². The predicted octanol–water partition coefficient (Wildman–Crippen LogP) is 4.40. The highest BCUT2D eigenvalue weighted by atomic mass is 35.5. The standard InChI is InChI=1S/C18H22ClN3O4.C14H23N3O/c1-26-9-8-20-4-6-21(7-5-20)17(23)12-22-11-15(18(24)25)14-10-13(19)2-3-16(14)22;1-3-4-14(18)13-9-16-17(10(13)2)12-7-5-11(15)6-8-12/h2-3,10-11H,4-9,12H2,1H3,(H,24,25);9,11-12H,3-8,15H2,1-2H3. The summed E-state index contributed by atoms with van der Waals surface area (Å²) in [4.78, 5) is 40.2. The molecule has 0 unspecified atom stereocenters. The molecule has 0 spiro atoms. The van der Waals surface area contributed by atoms with Crippen LogP contribution in [-0.4, -0.2) is 99.4 Å². The number of Topliss-reactive ketones (excluding diaryl/α,β-unsaturated/α-hetero) is 1. The van der Waals surface area contributed by atoms with E-state index in [0.717, 1.165) is 63.0 Å². The highest BCUT2D eigenvalue weighted by molar-refractivity contribution is 6.31. The zero-order chi connectivity index (χ0) is 31.8. The Kier molecular flexibility index (Phi) is 12.0. The molecule has 2 aromatic heterocycles. The topological polar surface area (TPSA) is 136 Å². The molecule has 1 aliphatic heterocycles. The van der Waals surface area contributed by atoms with Gasteiger partial charge in [-0.05, 0) is 57.2 Å². The first kappa shape index (κ1) is 33.6. The van der Waals surface area contributed by atoms with Crippen molar-refractivity contribution in [3.63, 3.8) is 0 Å². The number of carboxylic acid groups (broad SMARTS) is 1. The molecule has 240 valence electrons. The van der Waals surface area contributed by atoms with Gasteiger partial charge in [0.05, 0.1) is 30.0 Å². The lowest BCUT2D eigenvalue weighted by atomic mass is 9.92. The number of aromatic nitrogens is 3. The summed E-state index contributed by atoms with van der Waals surface area (Å²) in [6, 6.07) is 5.84. The highest BCUT2D eigenvalue weighted by Crippen LogP contribution is 2.29. The number of carbonyl (C=O) groups is 3. The van der Waals surface area contributed by atoms with Crippen molar-refractivity contribution in [1.82, 2.24) is 24.1 Å². The van der Waals surface area contributed by atoms with Gasteiger partial charge in [-0.25, -0.2) is 4.79 Å². The van der Waals surface area contributed by atoms with Crippen LogP contribution in [0.1, 0.15) is 77.9 Å². The number of nitrogens with zero attached hydrogens (tertiary/aromatic N) is 5. The second-order valence-electron chi connectivity index (χ2n) is 11.7. The molecule has 1 saturated carbocycles. The van der Waals surface area contributed by atoms with Crippen molar-refractivity contribution in [2.45, 2.75) is 71.0 Å². The van der Waals surface area contributed by atoms with Crippen molar-refractivity contribution in [3.8, 4) is 0 Å². The van der Waals surface area contributed by atoms with Crippen molar-refractivity contribution in [2.75, 3.05) is 46.4 Å². The van der Waals surface area contributed by atoms with E-state index in [2.05, 4.69) is 10.00 Å². The van der Waals surface area contributed by atoms with E-state index in [1.807, 2.05) is 23.4 Å². The Balaban J connectivity index is 0.000000215. The lowest BCUT2D eigenvalue weighted by Gasteiger charge is -2.34. The number of fused-ring (bicyclic) bond motifs is 1. The average Bonchev–Trinajstić information content (AvgIpc) is 3.57. The maximum atomic E-state index is 12.7. The Morgan fingerprint density at radius 3 is 2.43 bits per heavy atom. The molecule has 3 N–H and O–H groups in total. The van der Waals surface area contributed by atoms with Crippen LogP contribution in [0.4, 0.5) is 0 Å². The number of methoxy groups -OCH3 is 1. The SMILES string of the molecule is CCCC(=O)c1cnn(C2CCC(N)CC2)c1C.COCCN1CCN(C(=O)Cn2cc(C(=O)O)c3cc(Cl)ccc32)CC1. The number of aromatic carboxylic acids is 1. The van der Waals surface area contributed by atoms with Gasteiger partial charge in [0, 0.05) is 80.1 Å². The number of nitrogens with two attached hydrogens (primary N) is 1. The number of ether oxygens (including phenoxy) is 1. The third-order valence-electron chi connectivity index (χ3n) is 8.63. The van der Waals surface area contributed by atoms with Crippen LogP contribution in [0, 0.1) is 6.92 Å². The molecule has 1 amide bonds. The van der Waals surface area contributed by atoms with Gasteiger partial charge in [-0.2, -0.15) is 5.10 Å². The summed E-state index contributed by atoms with van der Waals surface area (Å²) in [5.74, 6) is -0.829. The van der Waals surface area contributed by atoms with Crippen molar-refractivity contribution in [3.05, 3.63) is 52.4 Å². The van der Waals surface area contributed by atoms with Crippen LogP contribution in [0.3, 0.4) is 0 Å². The number of rotatable bonds is 10. The molecule has 5 rings (SSSR count). The molecular weight excluding hydrogens is 584 g/mol. The summed E-state index contributed by atoms with van der Waals surface area (Å²) in [7, 11) is 1.68. The molecule has 3 aromatic rings. The lowest BCUT2D eigenvalue weighted by Crippen LogP contribution is -2.50. The van der Waals surface area contributed by atoms with E-state index in [4.69, 9.17) is 22.1 Å². The van der Waals surface area contributed by atoms with Gasteiger partial charge in [-0.3, -0.25) is 19.2 Å². The minimum atomic E-state index is -1.03. The second-order valence-corrected chi connectivity index (χ2v) is 12.1. The number of piperazine rings is 1. The van der Waals surface area contributed by atoms with Gasteiger partial charge in [-0.15, -0.1) is 0 Å². The molecular formula is C32H45ClN6O5. The third kappa shape index (κ3) is 8.26. The zero-order valence-electron chi connectivity index (χ0n) is 26.0. The summed E-state index contributed by atoms with van der Waals surface area (Å²) in [5.41, 5.74) is 8.59. The van der Waals surface area contributed by atoms with E-state index < -0.39 is 5.97 Å². The van der Waals surface area contributed by atoms with E-state index in [1.54, 1.807) is 36.1 Å². The van der Waals surface area contributed by atoms with Crippen LogP contribution >= 0.6 is 11.6 Å². The number of ketones is 1. The van der Waals surface area contributed by atoms with E-state index in [-0.39, 0.29) is 23.8 Å². The van der Waals surface area contributed by atoms with Gasteiger partial charge in [0.1, 0.15) is 6.54 Å². The normalized spacial score (nSPS) is 19.1. The minimum absolute atomic E-state index is 0.0137. The largest absolute Gasteiger partial charge is 0.478 e. The van der Waals surface area contributed by atoms with E-state index >= 15 is 0 Å². The number of carbonyl (C=O) groups excluding carboxylic acids is 2. The van der Waals surface area contributed by atoms with Crippen LogP contribution in [0.2, 0.25) is 5.02 Å². The van der Waals surface area contributed by atoms with Crippen LogP contribution in [0.15, 0.2) is 30.6 Å². The molecule has 11 nitrogen and oxygen atoms in total. The maximum absolute atomic E-state index is 12.7. The van der Waals surface area contributed by atoms with Crippen LogP contribution in [0.5, 0.6) is 0 Å². The summed E-state index contributed by atoms with van der Waals surface area (Å²) in [6.45, 7) is 8.66. The van der Waals surface area contributed by atoms with Gasteiger partial charge in [0.25, 0.3) is 0 Å². The average molecular weight is 629 g/mol. The zero-order valence-corrected chi connectivity index (χ0v) is 26.8. The summed E-state index contributed by atoms with van der Waals surface area (Å²) in [5, 5.41) is 14.8. The van der Waals surface area contributed by atoms with Crippen molar-refractivity contribution < 1.29 is 24.2 Å². The molecule has 0 radical (unpaired) electrons. The fourth-order valence-electron chi connectivity index (χ4n) is 6.03. The highest BCUT2D eigenvalue weighted by Gasteiger charge is 2.25. The molecule has 44 heavy (non-hydrogen) atoms. The summed E-state index contributed by atoms with van der Waals surface area (Å²) in [6.07, 6.45) is 9.02. The van der Waals surface area contributed by atoms with Gasteiger partial charge in [-0.1, -0.05) is 18.5 Å². The van der Waals surface area contributed by atoms with Gasteiger partial charge >= 0.3 is 5.97 Å². The quantitative estimate of drug-likeness (QED) is 0.315. The number of amides is 1. The molecule has 0 bridgehead atoms. The fraction of sp³-hybridized carbons (Fsp3) is 0.562. The maximum Gasteiger partial charge on any atom is 0.337 e. The molecule has 3 heterocycles. The van der Waals surface area contributed by atoms with Crippen LogP contribution in [-0.2, 0) is 16.1 Å². The Morgan fingerprint density at radius 2 is 1.80 bits per heavy atom. The first-order valence-electron chi connectivity index (χ1n) is 15.5. The molecule has 1 aromatic carbocycles. The Labute approximate surface area is 263 Å². The number of halogens is 1. The van der Waals surface area contributed by atoms with E-state index in [1.165, 1.54) is 6.20 Å². The van der Waals surface area contributed by atoms with Gasteiger partial charge in [0.2, 0.25) is 5.91 Å². The molecule has 12 heteroatoms. The Bertz CT molecular complexity index is 1440. The minimum Gasteiger partial charge on any atom is -0.478 e. The number of hydrogen-bond donors (Lipinski definition) is 2. The third-order valence-corrected chi connectivity index (χ3v) is 8.86. The summed E-state index contributed by atoms with van der Waals surface area (Å²) >= 11 is 5.99. The smallest absolute Gasteiger partial charge is 0.337 e. The predicted molar refractivity (Wildman–Crippen MR) is 170 cm³/mol. The number of benzene rings is 1.